The SMILES string of the molecule is O=CC1=CC=C(OCc2cccc(F)c2)C(B(O)O)C1. The van der Waals surface area contributed by atoms with E-state index in [2.05, 4.69) is 0 Å². The molecule has 0 spiro atoms. The second-order valence-electron chi connectivity index (χ2n) is 4.57. The third-order valence-corrected chi connectivity index (χ3v) is 3.09. The maximum absolute atomic E-state index is 13.0. The summed E-state index contributed by atoms with van der Waals surface area (Å²) in [5.41, 5.74) is 1.11. The van der Waals surface area contributed by atoms with E-state index in [0.717, 1.165) is 0 Å². The number of carbonyl (C=O) groups excluding carboxylic acids is 1. The van der Waals surface area contributed by atoms with E-state index in [1.807, 2.05) is 0 Å². The third-order valence-electron chi connectivity index (χ3n) is 3.09. The number of hydrogen-bond donors (Lipinski definition) is 2. The average molecular weight is 276 g/mol. The molecule has 0 saturated heterocycles. The number of allylic oxidation sites excluding steroid dienone is 4. The average Bonchev–Trinajstić information content (AvgIpc) is 2.45. The van der Waals surface area contributed by atoms with Crippen LogP contribution in [0.5, 0.6) is 0 Å². The van der Waals surface area contributed by atoms with Gasteiger partial charge in [-0.15, -0.1) is 0 Å². The summed E-state index contributed by atoms with van der Waals surface area (Å²) in [6.45, 7) is 0.122. The standard InChI is InChI=1S/C14H14BFO4/c16-12-3-1-2-11(6-12)9-20-14-5-4-10(8-17)7-13(14)15(18)19/h1-6,8,13,18-19H,7,9H2. The first-order valence-corrected chi connectivity index (χ1v) is 6.19. The number of hydrogen-bond acceptors (Lipinski definition) is 4. The zero-order chi connectivity index (χ0) is 14.5. The minimum absolute atomic E-state index is 0.122. The summed E-state index contributed by atoms with van der Waals surface area (Å²) in [7, 11) is -1.61. The molecule has 0 aliphatic heterocycles. The Morgan fingerprint density at radius 2 is 2.20 bits per heavy atom. The molecular formula is C14H14BFO4. The molecular weight excluding hydrogens is 262 g/mol. The van der Waals surface area contributed by atoms with Gasteiger partial charge in [0.05, 0.1) is 11.6 Å². The number of aldehydes is 1. The molecule has 104 valence electrons. The van der Waals surface area contributed by atoms with Gasteiger partial charge in [-0.05, 0) is 35.8 Å². The highest BCUT2D eigenvalue weighted by Gasteiger charge is 2.31. The Morgan fingerprint density at radius 3 is 2.85 bits per heavy atom. The first-order valence-electron chi connectivity index (χ1n) is 6.19. The fourth-order valence-corrected chi connectivity index (χ4v) is 2.02. The van der Waals surface area contributed by atoms with Crippen molar-refractivity contribution in [2.75, 3.05) is 0 Å². The molecule has 0 radical (unpaired) electrons. The van der Waals surface area contributed by atoms with Crippen molar-refractivity contribution in [2.24, 2.45) is 0 Å². The monoisotopic (exact) mass is 276 g/mol. The summed E-state index contributed by atoms with van der Waals surface area (Å²) in [6.07, 6.45) is 3.99. The van der Waals surface area contributed by atoms with Crippen molar-refractivity contribution in [2.45, 2.75) is 18.8 Å². The lowest BCUT2D eigenvalue weighted by Crippen LogP contribution is -2.25. The van der Waals surface area contributed by atoms with E-state index in [1.165, 1.54) is 18.2 Å². The summed E-state index contributed by atoms with van der Waals surface area (Å²) in [5.74, 6) is -0.672. The number of halogens is 1. The van der Waals surface area contributed by atoms with Crippen molar-refractivity contribution in [3.05, 3.63) is 59.1 Å². The van der Waals surface area contributed by atoms with Crippen LogP contribution in [0.25, 0.3) is 0 Å². The minimum atomic E-state index is -1.61. The molecule has 6 heteroatoms. The fraction of sp³-hybridized carbons (Fsp3) is 0.214. The molecule has 0 aromatic heterocycles. The molecule has 4 nitrogen and oxygen atoms in total. The lowest BCUT2D eigenvalue weighted by molar-refractivity contribution is -0.105. The predicted molar refractivity (Wildman–Crippen MR) is 72.0 cm³/mol. The fourth-order valence-electron chi connectivity index (χ4n) is 2.02. The molecule has 0 fully saturated rings. The van der Waals surface area contributed by atoms with Crippen LogP contribution in [0.2, 0.25) is 5.82 Å². The Balaban J connectivity index is 2.08. The largest absolute Gasteiger partial charge is 0.493 e. The van der Waals surface area contributed by atoms with Crippen LogP contribution in [0.4, 0.5) is 4.39 Å². The Labute approximate surface area is 116 Å². The maximum atomic E-state index is 13.0. The van der Waals surface area contributed by atoms with Gasteiger partial charge in [0, 0.05) is 0 Å². The molecule has 0 bridgehead atoms. The van der Waals surface area contributed by atoms with Gasteiger partial charge in [-0.25, -0.2) is 4.39 Å². The van der Waals surface area contributed by atoms with Gasteiger partial charge in [0.2, 0.25) is 0 Å². The first kappa shape index (κ1) is 14.5. The summed E-state index contributed by atoms with van der Waals surface area (Å²) < 4.78 is 18.5. The Morgan fingerprint density at radius 1 is 1.40 bits per heavy atom. The highest BCUT2D eigenvalue weighted by molar-refractivity contribution is 6.44. The van der Waals surface area contributed by atoms with Crippen LogP contribution in [0.15, 0.2) is 47.7 Å². The molecule has 20 heavy (non-hydrogen) atoms. The molecule has 0 saturated carbocycles. The molecule has 1 atom stereocenters. The van der Waals surface area contributed by atoms with Crippen LogP contribution in [0.1, 0.15) is 12.0 Å². The van der Waals surface area contributed by atoms with E-state index in [0.29, 0.717) is 23.2 Å². The van der Waals surface area contributed by atoms with Gasteiger partial charge in [-0.3, -0.25) is 4.79 Å². The molecule has 1 aliphatic carbocycles. The van der Waals surface area contributed by atoms with Gasteiger partial charge in [0.1, 0.15) is 18.7 Å². The number of benzene rings is 1. The van der Waals surface area contributed by atoms with Crippen molar-refractivity contribution in [1.29, 1.82) is 0 Å². The lowest BCUT2D eigenvalue weighted by atomic mass is 9.67. The second kappa shape index (κ2) is 6.50. The lowest BCUT2D eigenvalue weighted by Gasteiger charge is -2.23. The molecule has 0 heterocycles. The van der Waals surface area contributed by atoms with E-state index in [4.69, 9.17) is 4.74 Å². The molecule has 1 aromatic carbocycles. The second-order valence-corrected chi connectivity index (χ2v) is 4.57. The zero-order valence-corrected chi connectivity index (χ0v) is 10.7. The summed E-state index contributed by atoms with van der Waals surface area (Å²) in [6, 6.07) is 5.97. The van der Waals surface area contributed by atoms with Gasteiger partial charge in [-0.1, -0.05) is 18.2 Å². The van der Waals surface area contributed by atoms with E-state index >= 15 is 0 Å². The summed E-state index contributed by atoms with van der Waals surface area (Å²) in [4.78, 5) is 10.7. The third kappa shape index (κ3) is 3.56. The quantitative estimate of drug-likeness (QED) is 0.633. The molecule has 1 unspecified atom stereocenters. The van der Waals surface area contributed by atoms with E-state index < -0.39 is 12.9 Å². The molecule has 2 rings (SSSR count). The number of ether oxygens (including phenoxy) is 1. The van der Waals surface area contributed by atoms with Crippen LogP contribution in [-0.2, 0) is 16.1 Å². The van der Waals surface area contributed by atoms with Gasteiger partial charge >= 0.3 is 7.12 Å². The van der Waals surface area contributed by atoms with E-state index in [9.17, 15) is 19.2 Å². The van der Waals surface area contributed by atoms with Crippen LogP contribution >= 0.6 is 0 Å². The Kier molecular flexibility index (Phi) is 4.71. The zero-order valence-electron chi connectivity index (χ0n) is 10.7. The van der Waals surface area contributed by atoms with Crippen LogP contribution in [0.3, 0.4) is 0 Å². The maximum Gasteiger partial charge on any atom is 0.463 e. The highest BCUT2D eigenvalue weighted by Crippen LogP contribution is 2.32. The summed E-state index contributed by atoms with van der Waals surface area (Å²) >= 11 is 0. The summed E-state index contributed by atoms with van der Waals surface area (Å²) in [5, 5.41) is 18.7. The van der Waals surface area contributed by atoms with E-state index in [-0.39, 0.29) is 18.8 Å². The smallest absolute Gasteiger partial charge is 0.463 e. The number of rotatable bonds is 5. The number of carbonyl (C=O) groups is 1. The topological polar surface area (TPSA) is 66.8 Å². The van der Waals surface area contributed by atoms with Gasteiger partial charge in [0.25, 0.3) is 0 Å². The molecule has 0 amide bonds. The van der Waals surface area contributed by atoms with Crippen molar-refractivity contribution in [3.8, 4) is 0 Å². The van der Waals surface area contributed by atoms with Gasteiger partial charge in [-0.2, -0.15) is 0 Å². The highest BCUT2D eigenvalue weighted by atomic mass is 19.1. The predicted octanol–water partition coefficient (Wildman–Crippen LogP) is 1.60. The normalized spacial score (nSPS) is 18.1. The van der Waals surface area contributed by atoms with Crippen LogP contribution < -0.4 is 0 Å². The van der Waals surface area contributed by atoms with Crippen molar-refractivity contribution in [3.63, 3.8) is 0 Å². The van der Waals surface area contributed by atoms with E-state index in [1.54, 1.807) is 18.2 Å². The molecule has 1 aliphatic rings. The first-order chi connectivity index (χ1) is 9.60. The Hall–Kier alpha value is -1.92. The van der Waals surface area contributed by atoms with Crippen LogP contribution in [0, 0.1) is 5.82 Å². The van der Waals surface area contributed by atoms with Crippen molar-refractivity contribution >= 4 is 13.4 Å². The minimum Gasteiger partial charge on any atom is -0.493 e. The van der Waals surface area contributed by atoms with Crippen molar-refractivity contribution < 1.29 is 24.0 Å². The van der Waals surface area contributed by atoms with Crippen molar-refractivity contribution in [1.82, 2.24) is 0 Å². The molecule has 2 N–H and O–H groups in total. The Bertz CT molecular complexity index is 554. The van der Waals surface area contributed by atoms with Crippen LogP contribution in [-0.4, -0.2) is 23.5 Å². The van der Waals surface area contributed by atoms with Gasteiger partial charge in [0.15, 0.2) is 0 Å². The van der Waals surface area contributed by atoms with Gasteiger partial charge < -0.3 is 14.8 Å². The molecule has 1 aromatic rings.